The van der Waals surface area contributed by atoms with Crippen LogP contribution < -0.4 is 9.62 Å². The average Bonchev–Trinajstić information content (AvgIpc) is 3.04. The van der Waals surface area contributed by atoms with Crippen molar-refractivity contribution in [1.82, 2.24) is 14.2 Å². The Morgan fingerprint density at radius 3 is 2.57 bits per heavy atom. The number of carbonyl (C=O) groups is 2. The highest BCUT2D eigenvalue weighted by Crippen LogP contribution is 2.57. The van der Waals surface area contributed by atoms with E-state index in [1.807, 2.05) is 6.07 Å². The van der Waals surface area contributed by atoms with Crippen LogP contribution in [-0.4, -0.2) is 60.0 Å². The molecule has 0 radical (unpaired) electrons. The lowest BCUT2D eigenvalue weighted by molar-refractivity contribution is -0.140. The van der Waals surface area contributed by atoms with Crippen molar-refractivity contribution in [3.63, 3.8) is 0 Å². The van der Waals surface area contributed by atoms with Crippen molar-refractivity contribution in [3.05, 3.63) is 47.7 Å². The van der Waals surface area contributed by atoms with Crippen LogP contribution in [0.1, 0.15) is 24.2 Å². The van der Waals surface area contributed by atoms with E-state index in [1.165, 1.54) is 4.90 Å². The zero-order chi connectivity index (χ0) is 21.7. The summed E-state index contributed by atoms with van der Waals surface area (Å²) in [6, 6.07) is 10.5. The van der Waals surface area contributed by atoms with Crippen LogP contribution >= 0.6 is 0 Å². The smallest absolute Gasteiger partial charge is 0.325 e. The lowest BCUT2D eigenvalue weighted by Gasteiger charge is -2.33. The third kappa shape index (κ3) is 3.28. The fourth-order valence-corrected chi connectivity index (χ4v) is 5.72. The number of benzene rings is 1. The number of hydrogen-bond donors (Lipinski definition) is 2. The Bertz CT molecular complexity index is 1090. The molecule has 1 aliphatic carbocycles. The number of carboxylic acid groups (broad SMARTS) is 1. The Kier molecular flexibility index (Phi) is 4.91. The van der Waals surface area contributed by atoms with Gasteiger partial charge in [-0.25, -0.2) is 0 Å². The minimum atomic E-state index is -4.22. The van der Waals surface area contributed by atoms with Crippen LogP contribution in [0.15, 0.2) is 40.9 Å². The number of piperazine rings is 1. The number of nitrogens with zero attached hydrogens (tertiary/aromatic N) is 3. The molecule has 11 heteroatoms. The molecular formula is C19H22N4O6S. The molecule has 1 unspecified atom stereocenters. The van der Waals surface area contributed by atoms with Crippen molar-refractivity contribution in [1.29, 1.82) is 0 Å². The lowest BCUT2D eigenvalue weighted by atomic mass is 10.1. The summed E-state index contributed by atoms with van der Waals surface area (Å²) in [6.07, 6.45) is 0. The SMILES string of the molecule is Cc1cc(N2CCN(S(=O)(=O)N[C@@]3(C(=O)O)C(C)[C@@H]3c3ccccc3)CC2=O)no1. The predicted molar refractivity (Wildman–Crippen MR) is 106 cm³/mol. The van der Waals surface area contributed by atoms with E-state index < -0.39 is 46.0 Å². The van der Waals surface area contributed by atoms with Crippen LogP contribution in [0.4, 0.5) is 5.82 Å². The highest BCUT2D eigenvalue weighted by molar-refractivity contribution is 7.87. The molecule has 2 fully saturated rings. The number of carboxylic acids is 1. The van der Waals surface area contributed by atoms with E-state index in [-0.39, 0.29) is 13.1 Å². The fraction of sp³-hybridized carbons (Fsp3) is 0.421. The van der Waals surface area contributed by atoms with E-state index >= 15 is 0 Å². The number of anilines is 1. The minimum absolute atomic E-state index is 0.00701. The Balaban J connectivity index is 1.53. The maximum atomic E-state index is 13.0. The van der Waals surface area contributed by atoms with E-state index in [2.05, 4.69) is 9.88 Å². The summed E-state index contributed by atoms with van der Waals surface area (Å²) in [5.41, 5.74) is -0.902. The fourth-order valence-electron chi connectivity index (χ4n) is 4.16. The van der Waals surface area contributed by atoms with Crippen LogP contribution in [0.5, 0.6) is 0 Å². The molecule has 1 saturated heterocycles. The number of nitrogens with one attached hydrogen (secondary N) is 1. The molecule has 0 bridgehead atoms. The summed E-state index contributed by atoms with van der Waals surface area (Å²) < 4.78 is 34.3. The predicted octanol–water partition coefficient (Wildman–Crippen LogP) is 0.723. The number of aromatic nitrogens is 1. The molecule has 2 heterocycles. The van der Waals surface area contributed by atoms with Crippen LogP contribution in [0.25, 0.3) is 0 Å². The van der Waals surface area contributed by atoms with Gasteiger partial charge in [-0.05, 0) is 18.4 Å². The van der Waals surface area contributed by atoms with Gasteiger partial charge in [0.2, 0.25) is 5.91 Å². The summed E-state index contributed by atoms with van der Waals surface area (Å²) in [7, 11) is -4.22. The van der Waals surface area contributed by atoms with E-state index in [9.17, 15) is 23.1 Å². The zero-order valence-electron chi connectivity index (χ0n) is 16.5. The van der Waals surface area contributed by atoms with Gasteiger partial charge in [-0.3, -0.25) is 14.5 Å². The molecule has 1 saturated carbocycles. The maximum Gasteiger partial charge on any atom is 0.325 e. The first kappa shape index (κ1) is 20.5. The number of carbonyl (C=O) groups excluding carboxylic acids is 1. The Labute approximate surface area is 173 Å². The van der Waals surface area contributed by atoms with E-state index in [0.29, 0.717) is 11.6 Å². The number of aliphatic carboxylic acids is 1. The van der Waals surface area contributed by atoms with Gasteiger partial charge in [-0.1, -0.05) is 42.4 Å². The van der Waals surface area contributed by atoms with Gasteiger partial charge in [0.05, 0.1) is 6.54 Å². The summed E-state index contributed by atoms with van der Waals surface area (Å²) in [5.74, 6) is -1.79. The molecule has 1 aliphatic heterocycles. The quantitative estimate of drug-likeness (QED) is 0.684. The molecule has 2 aliphatic rings. The molecule has 10 nitrogen and oxygen atoms in total. The second-order valence-corrected chi connectivity index (χ2v) is 9.30. The van der Waals surface area contributed by atoms with Crippen LogP contribution in [-0.2, 0) is 19.8 Å². The summed E-state index contributed by atoms with van der Waals surface area (Å²) in [5, 5.41) is 13.7. The highest BCUT2D eigenvalue weighted by Gasteiger charge is 2.70. The van der Waals surface area contributed by atoms with Crippen LogP contribution in [0, 0.1) is 12.8 Å². The molecule has 2 N–H and O–H groups in total. The molecule has 0 spiro atoms. The van der Waals surface area contributed by atoms with Crippen molar-refractivity contribution in [2.24, 2.45) is 5.92 Å². The minimum Gasteiger partial charge on any atom is -0.480 e. The van der Waals surface area contributed by atoms with Crippen molar-refractivity contribution in [2.75, 3.05) is 24.5 Å². The molecular weight excluding hydrogens is 412 g/mol. The average molecular weight is 434 g/mol. The molecule has 2 aromatic rings. The van der Waals surface area contributed by atoms with Gasteiger partial charge in [0.25, 0.3) is 10.2 Å². The van der Waals surface area contributed by atoms with Crippen LogP contribution in [0.3, 0.4) is 0 Å². The van der Waals surface area contributed by atoms with Gasteiger partial charge in [0, 0.05) is 25.1 Å². The normalized spacial score (nSPS) is 27.3. The third-order valence-electron chi connectivity index (χ3n) is 5.83. The first-order chi connectivity index (χ1) is 14.2. The molecule has 160 valence electrons. The van der Waals surface area contributed by atoms with Crippen molar-refractivity contribution in [2.45, 2.75) is 25.3 Å². The largest absolute Gasteiger partial charge is 0.480 e. The van der Waals surface area contributed by atoms with Gasteiger partial charge in [0.1, 0.15) is 11.3 Å². The van der Waals surface area contributed by atoms with E-state index in [0.717, 1.165) is 9.87 Å². The zero-order valence-corrected chi connectivity index (χ0v) is 17.3. The van der Waals surface area contributed by atoms with Gasteiger partial charge in [-0.2, -0.15) is 17.4 Å². The second-order valence-electron chi connectivity index (χ2n) is 7.63. The van der Waals surface area contributed by atoms with Gasteiger partial charge in [-0.15, -0.1) is 0 Å². The molecule has 3 atom stereocenters. The van der Waals surface area contributed by atoms with E-state index in [1.54, 1.807) is 44.2 Å². The Morgan fingerprint density at radius 2 is 2.00 bits per heavy atom. The Morgan fingerprint density at radius 1 is 1.30 bits per heavy atom. The van der Waals surface area contributed by atoms with Crippen LogP contribution in [0.2, 0.25) is 0 Å². The standard InChI is InChI=1S/C19H22N4O6S/c1-12-10-15(20-29-12)23-9-8-22(11-16(23)24)30(27,28)21-19(18(25)26)13(2)17(19)14-6-4-3-5-7-14/h3-7,10,13,17,21H,8-9,11H2,1-2H3,(H,25,26)/t13?,17-,19+/m1/s1. The second kappa shape index (κ2) is 7.18. The summed E-state index contributed by atoms with van der Waals surface area (Å²) >= 11 is 0. The lowest BCUT2D eigenvalue weighted by Crippen LogP contribution is -2.58. The van der Waals surface area contributed by atoms with Crippen molar-refractivity contribution >= 4 is 27.9 Å². The van der Waals surface area contributed by atoms with Gasteiger partial charge >= 0.3 is 5.97 Å². The third-order valence-corrected chi connectivity index (χ3v) is 7.42. The number of aryl methyl sites for hydroxylation is 1. The first-order valence-electron chi connectivity index (χ1n) is 9.48. The first-order valence-corrected chi connectivity index (χ1v) is 10.9. The highest BCUT2D eigenvalue weighted by atomic mass is 32.2. The molecule has 1 amide bonds. The molecule has 4 rings (SSSR count). The molecule has 30 heavy (non-hydrogen) atoms. The number of rotatable bonds is 6. The van der Waals surface area contributed by atoms with Gasteiger partial charge < -0.3 is 9.63 Å². The Hall–Kier alpha value is -2.76. The van der Waals surface area contributed by atoms with E-state index in [4.69, 9.17) is 4.52 Å². The van der Waals surface area contributed by atoms with Gasteiger partial charge in [0.15, 0.2) is 5.82 Å². The topological polar surface area (TPSA) is 133 Å². The van der Waals surface area contributed by atoms with Crippen molar-refractivity contribution < 1.29 is 27.6 Å². The summed E-state index contributed by atoms with van der Waals surface area (Å²) in [6.45, 7) is 3.07. The van der Waals surface area contributed by atoms with Crippen molar-refractivity contribution in [3.8, 4) is 0 Å². The maximum absolute atomic E-state index is 13.0. The monoisotopic (exact) mass is 434 g/mol. The number of amides is 1. The summed E-state index contributed by atoms with van der Waals surface area (Å²) in [4.78, 5) is 26.0. The molecule has 1 aromatic heterocycles. The number of hydrogen-bond acceptors (Lipinski definition) is 6. The molecule has 1 aromatic carbocycles.